The lowest BCUT2D eigenvalue weighted by Gasteiger charge is -2.23. The SMILES string of the molecule is Cl.NC(Cc1ccccc1)C(=O)N1CCCS(=O)(=O)CC1. The molecule has 21 heavy (non-hydrogen) atoms. The standard InChI is InChI=1S/C14H20N2O3S.ClH/c15-13(11-12-5-2-1-3-6-12)14(17)16-7-4-9-20(18,19)10-8-16;/h1-3,5-6,13H,4,7-11,15H2;1H. The third kappa shape index (κ3) is 5.30. The van der Waals surface area contributed by atoms with Gasteiger partial charge < -0.3 is 10.6 Å². The zero-order valence-corrected chi connectivity index (χ0v) is 13.4. The number of rotatable bonds is 3. The topological polar surface area (TPSA) is 80.5 Å². The van der Waals surface area contributed by atoms with Gasteiger partial charge in [-0.05, 0) is 18.4 Å². The molecule has 1 atom stereocenters. The molecule has 2 rings (SSSR count). The Bertz CT molecular complexity index is 563. The smallest absolute Gasteiger partial charge is 0.239 e. The number of carbonyl (C=O) groups is 1. The molecule has 5 nitrogen and oxygen atoms in total. The summed E-state index contributed by atoms with van der Waals surface area (Å²) in [5, 5.41) is 0. The van der Waals surface area contributed by atoms with Crippen molar-refractivity contribution in [1.82, 2.24) is 4.90 Å². The van der Waals surface area contributed by atoms with Crippen LogP contribution in [0.4, 0.5) is 0 Å². The Balaban J connectivity index is 0.00000220. The highest BCUT2D eigenvalue weighted by atomic mass is 35.5. The fraction of sp³-hybridized carbons (Fsp3) is 0.500. The maximum atomic E-state index is 12.3. The van der Waals surface area contributed by atoms with E-state index in [0.29, 0.717) is 19.4 Å². The molecule has 1 aromatic rings. The fourth-order valence-corrected chi connectivity index (χ4v) is 3.62. The molecular weight excluding hydrogens is 312 g/mol. The van der Waals surface area contributed by atoms with E-state index in [9.17, 15) is 13.2 Å². The molecule has 1 fully saturated rings. The average molecular weight is 333 g/mol. The molecule has 1 aliphatic heterocycles. The van der Waals surface area contributed by atoms with Crippen LogP contribution in [0.25, 0.3) is 0 Å². The lowest BCUT2D eigenvalue weighted by molar-refractivity contribution is -0.132. The van der Waals surface area contributed by atoms with Crippen molar-refractivity contribution < 1.29 is 13.2 Å². The third-order valence-electron chi connectivity index (χ3n) is 3.48. The van der Waals surface area contributed by atoms with Gasteiger partial charge in [-0.25, -0.2) is 8.42 Å². The minimum absolute atomic E-state index is 0. The second kappa shape index (κ2) is 7.77. The third-order valence-corrected chi connectivity index (χ3v) is 5.20. The van der Waals surface area contributed by atoms with E-state index in [1.807, 2.05) is 30.3 Å². The van der Waals surface area contributed by atoms with Gasteiger partial charge in [0.15, 0.2) is 9.84 Å². The van der Waals surface area contributed by atoms with Gasteiger partial charge in [0.05, 0.1) is 17.5 Å². The van der Waals surface area contributed by atoms with Gasteiger partial charge in [0, 0.05) is 13.1 Å². The van der Waals surface area contributed by atoms with Gasteiger partial charge in [-0.1, -0.05) is 30.3 Å². The number of sulfone groups is 1. The molecule has 1 heterocycles. The summed E-state index contributed by atoms with van der Waals surface area (Å²) in [7, 11) is -3.00. The number of amides is 1. The summed E-state index contributed by atoms with van der Waals surface area (Å²) in [6.45, 7) is 0.726. The first-order valence-electron chi connectivity index (χ1n) is 6.77. The van der Waals surface area contributed by atoms with Crippen molar-refractivity contribution in [2.45, 2.75) is 18.9 Å². The summed E-state index contributed by atoms with van der Waals surface area (Å²) in [6, 6.07) is 8.98. The van der Waals surface area contributed by atoms with E-state index in [1.165, 1.54) is 0 Å². The van der Waals surface area contributed by atoms with E-state index in [1.54, 1.807) is 4.90 Å². The van der Waals surface area contributed by atoms with E-state index >= 15 is 0 Å². The number of nitrogens with zero attached hydrogens (tertiary/aromatic N) is 1. The van der Waals surface area contributed by atoms with Gasteiger partial charge in [-0.3, -0.25) is 4.79 Å². The molecule has 1 unspecified atom stereocenters. The molecule has 0 saturated carbocycles. The summed E-state index contributed by atoms with van der Waals surface area (Å²) >= 11 is 0. The van der Waals surface area contributed by atoms with Gasteiger partial charge in [0.25, 0.3) is 0 Å². The van der Waals surface area contributed by atoms with E-state index in [-0.39, 0.29) is 36.4 Å². The Morgan fingerprint density at radius 1 is 1.19 bits per heavy atom. The Labute approximate surface area is 131 Å². The molecule has 0 aliphatic carbocycles. The molecule has 1 amide bonds. The predicted molar refractivity (Wildman–Crippen MR) is 85.2 cm³/mol. The molecule has 1 aromatic carbocycles. The number of halogens is 1. The van der Waals surface area contributed by atoms with Crippen LogP contribution >= 0.6 is 12.4 Å². The van der Waals surface area contributed by atoms with E-state index < -0.39 is 15.9 Å². The molecule has 0 spiro atoms. The van der Waals surface area contributed by atoms with Gasteiger partial charge in [-0.15, -0.1) is 12.4 Å². The van der Waals surface area contributed by atoms with Crippen molar-refractivity contribution in [3.8, 4) is 0 Å². The predicted octanol–water partition coefficient (Wildman–Crippen LogP) is 0.625. The van der Waals surface area contributed by atoms with Crippen molar-refractivity contribution in [2.24, 2.45) is 5.73 Å². The molecule has 7 heteroatoms. The number of hydrogen-bond donors (Lipinski definition) is 1. The minimum Gasteiger partial charge on any atom is -0.340 e. The summed E-state index contributed by atoms with van der Waals surface area (Å²) in [5.74, 6) is 0.0348. The molecule has 0 radical (unpaired) electrons. The van der Waals surface area contributed by atoms with Crippen LogP contribution in [0.15, 0.2) is 30.3 Å². The van der Waals surface area contributed by atoms with Gasteiger partial charge in [0.1, 0.15) is 0 Å². The number of benzene rings is 1. The average Bonchev–Trinajstić information content (AvgIpc) is 2.60. The van der Waals surface area contributed by atoms with Crippen LogP contribution in [0.3, 0.4) is 0 Å². The molecule has 0 bridgehead atoms. The fourth-order valence-electron chi connectivity index (χ4n) is 2.35. The number of carbonyl (C=O) groups excluding carboxylic acids is 1. The quantitative estimate of drug-likeness (QED) is 0.880. The summed E-state index contributed by atoms with van der Waals surface area (Å²) in [4.78, 5) is 13.9. The largest absolute Gasteiger partial charge is 0.340 e. The van der Waals surface area contributed by atoms with Gasteiger partial charge >= 0.3 is 0 Å². The van der Waals surface area contributed by atoms with Crippen molar-refractivity contribution in [1.29, 1.82) is 0 Å². The number of nitrogens with two attached hydrogens (primary N) is 1. The van der Waals surface area contributed by atoms with Crippen LogP contribution in [-0.4, -0.2) is 49.9 Å². The first kappa shape index (κ1) is 17.9. The second-order valence-corrected chi connectivity index (χ2v) is 7.43. The van der Waals surface area contributed by atoms with E-state index in [0.717, 1.165) is 5.56 Å². The zero-order chi connectivity index (χ0) is 14.6. The van der Waals surface area contributed by atoms with E-state index in [4.69, 9.17) is 5.73 Å². The first-order valence-corrected chi connectivity index (χ1v) is 8.59. The van der Waals surface area contributed by atoms with Crippen molar-refractivity contribution in [2.75, 3.05) is 24.6 Å². The van der Waals surface area contributed by atoms with Crippen LogP contribution in [0.2, 0.25) is 0 Å². The maximum Gasteiger partial charge on any atom is 0.239 e. The monoisotopic (exact) mass is 332 g/mol. The summed E-state index contributed by atoms with van der Waals surface area (Å²) in [6.07, 6.45) is 0.967. The lowest BCUT2D eigenvalue weighted by Crippen LogP contribution is -2.46. The Morgan fingerprint density at radius 3 is 2.52 bits per heavy atom. The van der Waals surface area contributed by atoms with Crippen LogP contribution in [0.1, 0.15) is 12.0 Å². The summed E-state index contributed by atoms with van der Waals surface area (Å²) in [5.41, 5.74) is 6.97. The Hall–Kier alpha value is -1.11. The summed E-state index contributed by atoms with van der Waals surface area (Å²) < 4.78 is 23.1. The highest BCUT2D eigenvalue weighted by molar-refractivity contribution is 7.91. The first-order chi connectivity index (χ1) is 9.48. The zero-order valence-electron chi connectivity index (χ0n) is 11.8. The van der Waals surface area contributed by atoms with Crippen LogP contribution in [0, 0.1) is 0 Å². The Morgan fingerprint density at radius 2 is 1.86 bits per heavy atom. The highest BCUT2D eigenvalue weighted by Gasteiger charge is 2.25. The van der Waals surface area contributed by atoms with Crippen LogP contribution in [-0.2, 0) is 21.1 Å². The van der Waals surface area contributed by atoms with Crippen molar-refractivity contribution in [3.05, 3.63) is 35.9 Å². The molecule has 1 saturated heterocycles. The molecule has 2 N–H and O–H groups in total. The molecule has 1 aliphatic rings. The lowest BCUT2D eigenvalue weighted by atomic mass is 10.1. The molecule has 0 aromatic heterocycles. The second-order valence-electron chi connectivity index (χ2n) is 5.13. The van der Waals surface area contributed by atoms with E-state index in [2.05, 4.69) is 0 Å². The van der Waals surface area contributed by atoms with Crippen LogP contribution < -0.4 is 5.73 Å². The Kier molecular flexibility index (Phi) is 6.64. The van der Waals surface area contributed by atoms with Gasteiger partial charge in [-0.2, -0.15) is 0 Å². The highest BCUT2D eigenvalue weighted by Crippen LogP contribution is 2.09. The van der Waals surface area contributed by atoms with Crippen molar-refractivity contribution in [3.63, 3.8) is 0 Å². The maximum absolute atomic E-state index is 12.3. The normalized spacial score (nSPS) is 19.2. The van der Waals surface area contributed by atoms with Crippen molar-refractivity contribution >= 4 is 28.2 Å². The molecular formula is C14H21ClN2O3S. The van der Waals surface area contributed by atoms with Gasteiger partial charge in [0.2, 0.25) is 5.91 Å². The minimum atomic E-state index is -3.00. The van der Waals surface area contributed by atoms with Crippen LogP contribution in [0.5, 0.6) is 0 Å². The number of hydrogen-bond acceptors (Lipinski definition) is 4. The molecule has 118 valence electrons.